The Morgan fingerprint density at radius 3 is 2.80 bits per heavy atom. The number of nitrogens with zero attached hydrogens (tertiary/aromatic N) is 1. The monoisotopic (exact) mass is 297 g/mol. The molecule has 0 amide bonds. The van der Waals surface area contributed by atoms with Crippen LogP contribution in [-0.4, -0.2) is 24.5 Å². The summed E-state index contributed by atoms with van der Waals surface area (Å²) < 4.78 is 39.6. The number of H-pyrrole nitrogens is 1. The highest BCUT2D eigenvalue weighted by Crippen LogP contribution is 2.12. The Kier molecular flexibility index (Phi) is 3.81. The van der Waals surface area contributed by atoms with E-state index in [1.807, 2.05) is 0 Å². The minimum atomic E-state index is -3.74. The van der Waals surface area contributed by atoms with Gasteiger partial charge in [0, 0.05) is 23.9 Å². The Hall–Kier alpha value is -2.26. The number of rotatable bonds is 5. The third-order valence-corrected chi connectivity index (χ3v) is 3.97. The number of hydrogen-bond donors (Lipinski definition) is 4. The maximum Gasteiger partial charge on any atom is 0.243 e. The molecule has 0 saturated heterocycles. The maximum absolute atomic E-state index is 13.7. The van der Waals surface area contributed by atoms with Gasteiger partial charge in [-0.15, -0.1) is 0 Å². The van der Waals surface area contributed by atoms with E-state index in [0.29, 0.717) is 0 Å². The van der Waals surface area contributed by atoms with Gasteiger partial charge in [-0.3, -0.25) is 10.5 Å². The number of nitrogens with two attached hydrogens (primary N) is 1. The van der Waals surface area contributed by atoms with E-state index < -0.39 is 15.8 Å². The molecule has 106 valence electrons. The molecule has 1 aromatic carbocycles. The van der Waals surface area contributed by atoms with Crippen LogP contribution < -0.4 is 10.5 Å². The van der Waals surface area contributed by atoms with Crippen molar-refractivity contribution < 1.29 is 12.8 Å². The molecule has 0 atom stereocenters. The molecule has 0 spiro atoms. The number of nitrogens with one attached hydrogen (secondary N) is 3. The smallest absolute Gasteiger partial charge is 0.243 e. The van der Waals surface area contributed by atoms with Crippen molar-refractivity contribution in [1.29, 1.82) is 5.41 Å². The molecule has 0 aliphatic rings. The largest absolute Gasteiger partial charge is 0.384 e. The van der Waals surface area contributed by atoms with Gasteiger partial charge in [-0.25, -0.2) is 17.5 Å². The summed E-state index contributed by atoms with van der Waals surface area (Å²) in [6.45, 7) is -0.211. The normalized spacial score (nSPS) is 11.4. The number of nitrogen functional groups attached to an aromatic ring is 1. The number of hydrogen-bond acceptors (Lipinski definition) is 4. The molecule has 0 fully saturated rings. The Morgan fingerprint density at radius 2 is 2.25 bits per heavy atom. The topological polar surface area (TPSA) is 125 Å². The third-order valence-electron chi connectivity index (χ3n) is 2.60. The minimum absolute atomic E-state index is 0.0294. The van der Waals surface area contributed by atoms with E-state index in [1.165, 1.54) is 18.3 Å². The molecule has 20 heavy (non-hydrogen) atoms. The lowest BCUT2D eigenvalue weighted by Gasteiger charge is -2.07. The van der Waals surface area contributed by atoms with Crippen molar-refractivity contribution in [3.63, 3.8) is 0 Å². The summed E-state index contributed by atoms with van der Waals surface area (Å²) in [4.78, 5) is -0.0294. The van der Waals surface area contributed by atoms with Crippen molar-refractivity contribution in [3.8, 4) is 0 Å². The number of amidine groups is 1. The van der Waals surface area contributed by atoms with Crippen molar-refractivity contribution >= 4 is 15.9 Å². The molecule has 1 aromatic heterocycles. The zero-order valence-electron chi connectivity index (χ0n) is 10.2. The van der Waals surface area contributed by atoms with E-state index in [0.717, 1.165) is 12.3 Å². The van der Waals surface area contributed by atoms with E-state index in [2.05, 4.69) is 14.9 Å². The summed E-state index contributed by atoms with van der Waals surface area (Å²) >= 11 is 0. The summed E-state index contributed by atoms with van der Waals surface area (Å²) in [5.74, 6) is -0.887. The van der Waals surface area contributed by atoms with E-state index in [9.17, 15) is 12.8 Å². The molecule has 5 N–H and O–H groups in total. The van der Waals surface area contributed by atoms with Crippen molar-refractivity contribution in [3.05, 3.63) is 47.5 Å². The van der Waals surface area contributed by atoms with Crippen molar-refractivity contribution in [2.24, 2.45) is 5.73 Å². The Bertz CT molecular complexity index is 727. The SMILES string of the molecule is N=C(N)c1ccc(CNS(=O)(=O)c2cn[nH]c2)c(F)c1. The van der Waals surface area contributed by atoms with Gasteiger partial charge in [0.15, 0.2) is 0 Å². The van der Waals surface area contributed by atoms with Gasteiger partial charge in [-0.2, -0.15) is 5.10 Å². The molecule has 0 aliphatic carbocycles. The van der Waals surface area contributed by atoms with Crippen LogP contribution in [0.5, 0.6) is 0 Å². The highest BCUT2D eigenvalue weighted by Gasteiger charge is 2.15. The second-order valence-corrected chi connectivity index (χ2v) is 5.75. The van der Waals surface area contributed by atoms with Crippen LogP contribution in [0.3, 0.4) is 0 Å². The summed E-state index contributed by atoms with van der Waals surface area (Å²) in [5, 5.41) is 13.1. The molecule has 2 rings (SSSR count). The van der Waals surface area contributed by atoms with Crippen molar-refractivity contribution in [2.45, 2.75) is 11.4 Å². The van der Waals surface area contributed by atoms with Crippen LogP contribution in [-0.2, 0) is 16.6 Å². The fourth-order valence-electron chi connectivity index (χ4n) is 1.50. The molecule has 1 heterocycles. The van der Waals surface area contributed by atoms with Crippen LogP contribution >= 0.6 is 0 Å². The summed E-state index contributed by atoms with van der Waals surface area (Å²) in [5.41, 5.74) is 5.63. The van der Waals surface area contributed by atoms with Crippen LogP contribution in [0.25, 0.3) is 0 Å². The highest BCUT2D eigenvalue weighted by molar-refractivity contribution is 7.89. The molecule has 0 unspecified atom stereocenters. The summed E-state index contributed by atoms with van der Waals surface area (Å²) in [6, 6.07) is 3.92. The average Bonchev–Trinajstić information content (AvgIpc) is 2.91. The summed E-state index contributed by atoms with van der Waals surface area (Å²) in [6.07, 6.45) is 2.37. The molecule has 0 bridgehead atoms. The molecule has 0 radical (unpaired) electrons. The number of sulfonamides is 1. The summed E-state index contributed by atoms with van der Waals surface area (Å²) in [7, 11) is -3.74. The predicted octanol–water partition coefficient (Wildman–Crippen LogP) is 0.311. The first kappa shape index (κ1) is 14.2. The van der Waals surface area contributed by atoms with Crippen molar-refractivity contribution in [1.82, 2.24) is 14.9 Å². The zero-order valence-corrected chi connectivity index (χ0v) is 11.0. The maximum atomic E-state index is 13.7. The van der Waals surface area contributed by atoms with E-state index in [-0.39, 0.29) is 28.4 Å². The number of benzene rings is 1. The first-order valence-electron chi connectivity index (χ1n) is 5.51. The quantitative estimate of drug-likeness (QED) is 0.468. The standard InChI is InChI=1S/C11H12FN5O2S/c12-10-3-7(11(13)14)1-2-8(10)4-17-20(18,19)9-5-15-16-6-9/h1-3,5-6,17H,4H2,(H3,13,14)(H,15,16). The third kappa shape index (κ3) is 3.00. The Labute approximate surface area is 114 Å². The van der Waals surface area contributed by atoms with Crippen LogP contribution in [0.15, 0.2) is 35.5 Å². The van der Waals surface area contributed by atoms with Gasteiger partial charge in [0.25, 0.3) is 0 Å². The van der Waals surface area contributed by atoms with E-state index in [1.54, 1.807) is 0 Å². The number of halogens is 1. The Morgan fingerprint density at radius 1 is 1.50 bits per heavy atom. The van der Waals surface area contributed by atoms with Crippen LogP contribution in [0.1, 0.15) is 11.1 Å². The highest BCUT2D eigenvalue weighted by atomic mass is 32.2. The molecular weight excluding hydrogens is 285 g/mol. The molecular formula is C11H12FN5O2S. The first-order chi connectivity index (χ1) is 9.40. The molecule has 2 aromatic rings. The lowest BCUT2D eigenvalue weighted by molar-refractivity contribution is 0.574. The second kappa shape index (κ2) is 5.39. The van der Waals surface area contributed by atoms with E-state index >= 15 is 0 Å². The molecule has 9 heteroatoms. The fourth-order valence-corrected chi connectivity index (χ4v) is 2.41. The number of aromatic amines is 1. The van der Waals surface area contributed by atoms with Gasteiger partial charge in [0.05, 0.1) is 6.20 Å². The second-order valence-electron chi connectivity index (χ2n) is 3.98. The lowest BCUT2D eigenvalue weighted by Crippen LogP contribution is -2.23. The molecule has 0 aliphatic heterocycles. The van der Waals surface area contributed by atoms with Crippen LogP contribution in [0.4, 0.5) is 4.39 Å². The predicted molar refractivity (Wildman–Crippen MR) is 70.0 cm³/mol. The Balaban J connectivity index is 2.14. The van der Waals surface area contributed by atoms with Gasteiger partial charge >= 0.3 is 0 Å². The molecule has 7 nitrogen and oxygen atoms in total. The van der Waals surface area contributed by atoms with Gasteiger partial charge in [0.2, 0.25) is 10.0 Å². The lowest BCUT2D eigenvalue weighted by atomic mass is 10.1. The minimum Gasteiger partial charge on any atom is -0.384 e. The van der Waals surface area contributed by atoms with Crippen LogP contribution in [0, 0.1) is 11.2 Å². The number of aromatic nitrogens is 2. The van der Waals surface area contributed by atoms with E-state index in [4.69, 9.17) is 11.1 Å². The van der Waals surface area contributed by atoms with Gasteiger partial charge < -0.3 is 5.73 Å². The van der Waals surface area contributed by atoms with Crippen molar-refractivity contribution in [2.75, 3.05) is 0 Å². The first-order valence-corrected chi connectivity index (χ1v) is 7.00. The fraction of sp³-hybridized carbons (Fsp3) is 0.0909. The van der Waals surface area contributed by atoms with Gasteiger partial charge in [0.1, 0.15) is 16.5 Å². The van der Waals surface area contributed by atoms with Crippen LogP contribution in [0.2, 0.25) is 0 Å². The van der Waals surface area contributed by atoms with Gasteiger partial charge in [-0.05, 0) is 6.07 Å². The zero-order chi connectivity index (χ0) is 14.8. The average molecular weight is 297 g/mol. The van der Waals surface area contributed by atoms with Gasteiger partial charge in [-0.1, -0.05) is 12.1 Å². The molecule has 0 saturated carbocycles.